The SMILES string of the molecule is COc1ccc(S(=O)(=O)N(CCc2ccccc2)CC(=O)N/N=C/c2ccc(OCC(=O)Nc3ccccc3OC)cc2)cc1. The molecular formula is C33H34N4O7S. The number of carbonyl (C=O) groups excluding carboxylic acids is 2. The number of hydrogen-bond donors (Lipinski definition) is 2. The number of ether oxygens (including phenoxy) is 3. The molecular weight excluding hydrogens is 596 g/mol. The van der Waals surface area contributed by atoms with Gasteiger partial charge in [-0.15, -0.1) is 0 Å². The fourth-order valence-corrected chi connectivity index (χ4v) is 5.58. The molecule has 2 N–H and O–H groups in total. The highest BCUT2D eigenvalue weighted by Crippen LogP contribution is 2.23. The lowest BCUT2D eigenvalue weighted by atomic mass is 10.1. The highest BCUT2D eigenvalue weighted by molar-refractivity contribution is 7.89. The van der Waals surface area contributed by atoms with Crippen molar-refractivity contribution in [3.05, 3.63) is 114 Å². The molecule has 0 fully saturated rings. The van der Waals surface area contributed by atoms with E-state index in [9.17, 15) is 18.0 Å². The number of rotatable bonds is 15. The number of anilines is 1. The zero-order chi connectivity index (χ0) is 32.1. The van der Waals surface area contributed by atoms with E-state index >= 15 is 0 Å². The second-order valence-electron chi connectivity index (χ2n) is 9.65. The van der Waals surface area contributed by atoms with Gasteiger partial charge in [0, 0.05) is 6.54 Å². The first-order valence-corrected chi connectivity index (χ1v) is 15.4. The summed E-state index contributed by atoms with van der Waals surface area (Å²) in [4.78, 5) is 25.1. The maximum Gasteiger partial charge on any atom is 0.262 e. The number of amides is 2. The van der Waals surface area contributed by atoms with Gasteiger partial charge in [-0.25, -0.2) is 13.8 Å². The van der Waals surface area contributed by atoms with Gasteiger partial charge in [0.05, 0.1) is 37.6 Å². The molecule has 12 heteroatoms. The Hall–Kier alpha value is -5.20. The summed E-state index contributed by atoms with van der Waals surface area (Å²) in [6.45, 7) is -0.544. The van der Waals surface area contributed by atoms with E-state index in [4.69, 9.17) is 14.2 Å². The number of sulfonamides is 1. The smallest absolute Gasteiger partial charge is 0.262 e. The lowest BCUT2D eigenvalue weighted by Gasteiger charge is -2.21. The summed E-state index contributed by atoms with van der Waals surface area (Å²) < 4.78 is 44.0. The summed E-state index contributed by atoms with van der Waals surface area (Å²) >= 11 is 0. The van der Waals surface area contributed by atoms with Crippen LogP contribution in [-0.4, -0.2) is 64.7 Å². The van der Waals surface area contributed by atoms with Gasteiger partial charge in [0.25, 0.3) is 11.8 Å². The van der Waals surface area contributed by atoms with Crippen LogP contribution in [-0.2, 0) is 26.0 Å². The van der Waals surface area contributed by atoms with E-state index in [1.165, 1.54) is 32.6 Å². The molecule has 2 amide bonds. The first-order valence-electron chi connectivity index (χ1n) is 13.9. The second-order valence-corrected chi connectivity index (χ2v) is 11.6. The summed E-state index contributed by atoms with van der Waals surface area (Å²) in [5.41, 5.74) is 4.53. The predicted molar refractivity (Wildman–Crippen MR) is 171 cm³/mol. The number of nitrogens with one attached hydrogen (secondary N) is 2. The summed E-state index contributed by atoms with van der Waals surface area (Å²) in [7, 11) is -0.973. The molecule has 11 nitrogen and oxygen atoms in total. The molecule has 4 rings (SSSR count). The monoisotopic (exact) mass is 630 g/mol. The van der Waals surface area contributed by atoms with E-state index < -0.39 is 22.5 Å². The Labute approximate surface area is 262 Å². The first-order chi connectivity index (χ1) is 21.8. The van der Waals surface area contributed by atoms with Crippen molar-refractivity contribution in [1.29, 1.82) is 0 Å². The summed E-state index contributed by atoms with van der Waals surface area (Å²) in [6.07, 6.45) is 1.84. The molecule has 0 aromatic heterocycles. The molecule has 0 heterocycles. The van der Waals surface area contributed by atoms with Gasteiger partial charge in [-0.05, 0) is 78.2 Å². The van der Waals surface area contributed by atoms with Gasteiger partial charge in [0.1, 0.15) is 17.2 Å². The summed E-state index contributed by atoms with van der Waals surface area (Å²) in [6, 6.07) is 29.2. The lowest BCUT2D eigenvalue weighted by Crippen LogP contribution is -2.40. The van der Waals surface area contributed by atoms with Crippen LogP contribution in [0.1, 0.15) is 11.1 Å². The van der Waals surface area contributed by atoms with Gasteiger partial charge in [-0.2, -0.15) is 9.41 Å². The van der Waals surface area contributed by atoms with E-state index in [1.54, 1.807) is 60.7 Å². The Bertz CT molecular complexity index is 1700. The Balaban J connectivity index is 1.32. The van der Waals surface area contributed by atoms with Crippen LogP contribution in [0, 0.1) is 0 Å². The van der Waals surface area contributed by atoms with E-state index in [1.807, 2.05) is 30.3 Å². The largest absolute Gasteiger partial charge is 0.497 e. The minimum Gasteiger partial charge on any atom is -0.497 e. The number of methoxy groups -OCH3 is 2. The van der Waals surface area contributed by atoms with Gasteiger partial charge in [0.2, 0.25) is 10.0 Å². The maximum atomic E-state index is 13.5. The fourth-order valence-electron chi connectivity index (χ4n) is 4.19. The van der Waals surface area contributed by atoms with Gasteiger partial charge in [-0.3, -0.25) is 9.59 Å². The lowest BCUT2D eigenvalue weighted by molar-refractivity contribution is -0.121. The van der Waals surface area contributed by atoms with E-state index in [0.29, 0.717) is 34.9 Å². The van der Waals surface area contributed by atoms with Crippen LogP contribution in [0.15, 0.2) is 113 Å². The van der Waals surface area contributed by atoms with Crippen LogP contribution in [0.2, 0.25) is 0 Å². The molecule has 234 valence electrons. The third kappa shape index (κ3) is 9.65. The highest BCUT2D eigenvalue weighted by atomic mass is 32.2. The molecule has 0 aliphatic rings. The van der Waals surface area contributed by atoms with Crippen LogP contribution in [0.3, 0.4) is 0 Å². The van der Waals surface area contributed by atoms with Gasteiger partial charge >= 0.3 is 0 Å². The van der Waals surface area contributed by atoms with Crippen LogP contribution < -0.4 is 25.0 Å². The van der Waals surface area contributed by atoms with Crippen LogP contribution in [0.25, 0.3) is 0 Å². The Morgan fingerprint density at radius 2 is 1.47 bits per heavy atom. The molecule has 45 heavy (non-hydrogen) atoms. The Morgan fingerprint density at radius 3 is 2.16 bits per heavy atom. The quantitative estimate of drug-likeness (QED) is 0.149. The van der Waals surface area contributed by atoms with Crippen molar-refractivity contribution in [3.8, 4) is 17.2 Å². The van der Waals surface area contributed by atoms with Crippen molar-refractivity contribution < 1.29 is 32.2 Å². The van der Waals surface area contributed by atoms with Crippen LogP contribution >= 0.6 is 0 Å². The maximum absolute atomic E-state index is 13.5. The Kier molecular flexibility index (Phi) is 11.7. The van der Waals surface area contributed by atoms with Gasteiger partial charge in [-0.1, -0.05) is 42.5 Å². The van der Waals surface area contributed by atoms with Crippen molar-refractivity contribution in [2.24, 2.45) is 5.10 Å². The zero-order valence-corrected chi connectivity index (χ0v) is 25.7. The average Bonchev–Trinajstić information content (AvgIpc) is 3.07. The highest BCUT2D eigenvalue weighted by Gasteiger charge is 2.26. The molecule has 0 aliphatic heterocycles. The first kappa shape index (κ1) is 32.7. The van der Waals surface area contributed by atoms with Crippen LogP contribution in [0.4, 0.5) is 5.69 Å². The normalized spacial score (nSPS) is 11.3. The summed E-state index contributed by atoms with van der Waals surface area (Å²) in [5.74, 6) is 0.577. The van der Waals surface area contributed by atoms with Crippen LogP contribution in [0.5, 0.6) is 17.2 Å². The average molecular weight is 631 g/mol. The molecule has 0 radical (unpaired) electrons. The number of hydrazone groups is 1. The van der Waals surface area contributed by atoms with Crippen molar-refractivity contribution >= 4 is 33.7 Å². The van der Waals surface area contributed by atoms with E-state index in [-0.39, 0.29) is 24.0 Å². The Morgan fingerprint density at radius 1 is 0.800 bits per heavy atom. The van der Waals surface area contributed by atoms with Crippen molar-refractivity contribution in [3.63, 3.8) is 0 Å². The molecule has 4 aromatic carbocycles. The molecule has 0 saturated carbocycles. The summed E-state index contributed by atoms with van der Waals surface area (Å²) in [5, 5.41) is 6.72. The number of hydrogen-bond acceptors (Lipinski definition) is 8. The topological polar surface area (TPSA) is 136 Å². The van der Waals surface area contributed by atoms with Crippen molar-refractivity contribution in [2.45, 2.75) is 11.3 Å². The number of benzene rings is 4. The third-order valence-corrected chi connectivity index (χ3v) is 8.40. The minimum atomic E-state index is -3.99. The molecule has 4 aromatic rings. The molecule has 0 atom stereocenters. The zero-order valence-electron chi connectivity index (χ0n) is 24.9. The van der Waals surface area contributed by atoms with Crippen molar-refractivity contribution in [1.82, 2.24) is 9.73 Å². The standard InChI is InChI=1S/C33H34N4O7S/c1-42-27-16-18-29(19-17-27)45(40,41)37(21-20-25-8-4-3-5-9-25)23-32(38)36-34-22-26-12-14-28(15-13-26)44-24-33(39)35-30-10-6-7-11-31(30)43-2/h3-19,22H,20-21,23-24H2,1-2H3,(H,35,39)(H,36,38)/b34-22+. The number of carbonyl (C=O) groups is 2. The minimum absolute atomic E-state index is 0.0484. The molecule has 0 aliphatic carbocycles. The molecule has 0 bridgehead atoms. The van der Waals surface area contributed by atoms with E-state index in [2.05, 4.69) is 15.8 Å². The second kappa shape index (κ2) is 16.0. The molecule has 0 spiro atoms. The third-order valence-electron chi connectivity index (χ3n) is 6.54. The molecule has 0 saturated heterocycles. The predicted octanol–water partition coefficient (Wildman–Crippen LogP) is 4.11. The van der Waals surface area contributed by atoms with E-state index in [0.717, 1.165) is 9.87 Å². The van der Waals surface area contributed by atoms with Crippen molar-refractivity contribution in [2.75, 3.05) is 39.2 Å². The molecule has 0 unspecified atom stereocenters. The van der Waals surface area contributed by atoms with Gasteiger partial charge < -0.3 is 19.5 Å². The number of nitrogens with zero attached hydrogens (tertiary/aromatic N) is 2. The van der Waals surface area contributed by atoms with Gasteiger partial charge in [0.15, 0.2) is 6.61 Å². The fraction of sp³-hybridized carbons (Fsp3) is 0.182. The number of para-hydroxylation sites is 2.